The molecule has 0 bridgehead atoms. The predicted molar refractivity (Wildman–Crippen MR) is 110 cm³/mol. The Kier molecular flexibility index (Phi) is 5.94. The maximum atomic E-state index is 13.5. The number of unbranched alkanes of at least 4 members (excludes halogenated alkanes) is 1. The van der Waals surface area contributed by atoms with Crippen molar-refractivity contribution in [2.75, 3.05) is 19.2 Å². The van der Waals surface area contributed by atoms with E-state index in [-0.39, 0.29) is 24.0 Å². The Morgan fingerprint density at radius 3 is 2.72 bits per heavy atom. The van der Waals surface area contributed by atoms with Crippen LogP contribution in [-0.2, 0) is 9.53 Å². The number of carbonyl (C=O) groups excluding carboxylic acids is 2. The van der Waals surface area contributed by atoms with Crippen LogP contribution in [0.4, 0.5) is 0 Å². The summed E-state index contributed by atoms with van der Waals surface area (Å²) in [5.41, 5.74) is 1.44. The molecule has 0 aromatic heterocycles. The molecule has 2 aliphatic heterocycles. The maximum absolute atomic E-state index is 13.5. The molecule has 0 unspecified atom stereocenters. The van der Waals surface area contributed by atoms with Gasteiger partial charge in [0.1, 0.15) is 11.4 Å². The molecule has 2 atom stereocenters. The zero-order chi connectivity index (χ0) is 20.2. The molecule has 1 amide bonds. The van der Waals surface area contributed by atoms with Crippen LogP contribution < -0.4 is 9.47 Å². The van der Waals surface area contributed by atoms with E-state index in [9.17, 15) is 9.59 Å². The van der Waals surface area contributed by atoms with Crippen molar-refractivity contribution in [2.45, 2.75) is 31.2 Å². The Morgan fingerprint density at radius 1 is 1.14 bits per heavy atom. The van der Waals surface area contributed by atoms with Crippen molar-refractivity contribution < 1.29 is 23.8 Å². The zero-order valence-electron chi connectivity index (χ0n) is 16.2. The smallest absolute Gasteiger partial charge is 0.329 e. The Morgan fingerprint density at radius 2 is 1.93 bits per heavy atom. The molecule has 0 aliphatic carbocycles. The Balaban J connectivity index is 1.63. The highest BCUT2D eigenvalue weighted by molar-refractivity contribution is 7.99. The maximum Gasteiger partial charge on any atom is 0.329 e. The zero-order valence-corrected chi connectivity index (χ0v) is 17.0. The molecule has 29 heavy (non-hydrogen) atoms. The number of hydrogen-bond acceptors (Lipinski definition) is 6. The molecule has 152 valence electrons. The first kappa shape index (κ1) is 19.6. The van der Waals surface area contributed by atoms with Gasteiger partial charge >= 0.3 is 5.97 Å². The molecule has 0 N–H and O–H groups in total. The number of ether oxygens (including phenoxy) is 3. The van der Waals surface area contributed by atoms with Gasteiger partial charge in [0.05, 0.1) is 6.61 Å². The SMILES string of the molecule is CCCCOC(=O)[C@H]1CS[C@H](c2ccccc2)N1C(=O)c1ccc2c(c1)OCO2. The fraction of sp³-hybridized carbons (Fsp3) is 0.364. The minimum absolute atomic E-state index is 0.144. The largest absolute Gasteiger partial charge is 0.464 e. The quantitative estimate of drug-likeness (QED) is 0.527. The summed E-state index contributed by atoms with van der Waals surface area (Å²) in [4.78, 5) is 27.9. The molecule has 2 aliphatic rings. The van der Waals surface area contributed by atoms with Crippen LogP contribution in [-0.4, -0.2) is 42.0 Å². The third-order valence-corrected chi connectivity index (χ3v) is 6.28. The average Bonchev–Trinajstić information content (AvgIpc) is 3.40. The van der Waals surface area contributed by atoms with Gasteiger partial charge in [0.25, 0.3) is 5.91 Å². The third kappa shape index (κ3) is 4.05. The topological polar surface area (TPSA) is 65.1 Å². The molecule has 0 radical (unpaired) electrons. The molecule has 7 heteroatoms. The fourth-order valence-electron chi connectivity index (χ4n) is 3.40. The fourth-order valence-corrected chi connectivity index (χ4v) is 4.82. The van der Waals surface area contributed by atoms with Crippen LogP contribution in [0.3, 0.4) is 0 Å². The van der Waals surface area contributed by atoms with Crippen molar-refractivity contribution in [1.29, 1.82) is 0 Å². The molecule has 1 saturated heterocycles. The molecule has 2 aromatic rings. The third-order valence-electron chi connectivity index (χ3n) is 4.95. The first-order valence-corrected chi connectivity index (χ1v) is 10.8. The highest BCUT2D eigenvalue weighted by Crippen LogP contribution is 2.43. The summed E-state index contributed by atoms with van der Waals surface area (Å²) in [5.74, 6) is 1.09. The second-order valence-electron chi connectivity index (χ2n) is 6.91. The van der Waals surface area contributed by atoms with E-state index in [4.69, 9.17) is 14.2 Å². The van der Waals surface area contributed by atoms with E-state index in [1.165, 1.54) is 0 Å². The van der Waals surface area contributed by atoms with E-state index in [2.05, 4.69) is 0 Å². The molecular weight excluding hydrogens is 390 g/mol. The van der Waals surface area contributed by atoms with Crippen LogP contribution in [0, 0.1) is 0 Å². The summed E-state index contributed by atoms with van der Waals surface area (Å²) in [6, 6.07) is 14.2. The minimum Gasteiger partial charge on any atom is -0.464 e. The van der Waals surface area contributed by atoms with Crippen molar-refractivity contribution in [1.82, 2.24) is 4.90 Å². The molecule has 2 heterocycles. The monoisotopic (exact) mass is 413 g/mol. The number of thioether (sulfide) groups is 1. The van der Waals surface area contributed by atoms with Gasteiger partial charge in [0, 0.05) is 11.3 Å². The van der Waals surface area contributed by atoms with Crippen molar-refractivity contribution >= 4 is 23.6 Å². The lowest BCUT2D eigenvalue weighted by Crippen LogP contribution is -2.44. The van der Waals surface area contributed by atoms with Crippen LogP contribution in [0.15, 0.2) is 48.5 Å². The Hall–Kier alpha value is -2.67. The van der Waals surface area contributed by atoms with Crippen molar-refractivity contribution in [3.05, 3.63) is 59.7 Å². The Labute approximate surface area is 174 Å². The lowest BCUT2D eigenvalue weighted by molar-refractivity contribution is -0.148. The van der Waals surface area contributed by atoms with Gasteiger partial charge in [0.15, 0.2) is 11.5 Å². The van der Waals surface area contributed by atoms with Gasteiger partial charge in [-0.05, 0) is 30.2 Å². The van der Waals surface area contributed by atoms with Gasteiger partial charge in [-0.1, -0.05) is 43.7 Å². The lowest BCUT2D eigenvalue weighted by atomic mass is 10.1. The first-order chi connectivity index (χ1) is 14.2. The van der Waals surface area contributed by atoms with Crippen LogP contribution in [0.1, 0.15) is 41.1 Å². The number of rotatable bonds is 6. The highest BCUT2D eigenvalue weighted by Gasteiger charge is 2.43. The van der Waals surface area contributed by atoms with Gasteiger partial charge < -0.3 is 19.1 Å². The standard InChI is InChI=1S/C22H23NO5S/c1-2-3-11-26-22(25)17-13-29-21(15-7-5-4-6-8-15)23(17)20(24)16-9-10-18-19(12-16)28-14-27-18/h4-10,12,17,21H,2-3,11,13-14H2,1H3/t17-,21-/m1/s1. The van der Waals surface area contributed by atoms with E-state index < -0.39 is 6.04 Å². The Bertz CT molecular complexity index is 888. The summed E-state index contributed by atoms with van der Waals surface area (Å²) >= 11 is 1.58. The van der Waals surface area contributed by atoms with Crippen LogP contribution in [0.25, 0.3) is 0 Å². The normalized spacial score (nSPS) is 20.0. The van der Waals surface area contributed by atoms with Gasteiger partial charge in [0.2, 0.25) is 6.79 Å². The number of nitrogens with zero attached hydrogens (tertiary/aromatic N) is 1. The van der Waals surface area contributed by atoms with Gasteiger partial charge in [-0.3, -0.25) is 4.79 Å². The summed E-state index contributed by atoms with van der Waals surface area (Å²) in [6.45, 7) is 2.56. The molecule has 6 nitrogen and oxygen atoms in total. The second-order valence-corrected chi connectivity index (χ2v) is 8.03. The van der Waals surface area contributed by atoms with E-state index in [0.717, 1.165) is 18.4 Å². The van der Waals surface area contributed by atoms with Gasteiger partial charge in [-0.25, -0.2) is 4.79 Å². The number of amides is 1. The number of hydrogen-bond donors (Lipinski definition) is 0. The molecule has 2 aromatic carbocycles. The molecule has 4 rings (SSSR count). The summed E-state index contributed by atoms with van der Waals surface area (Å²) in [7, 11) is 0. The van der Waals surface area contributed by atoms with Crippen molar-refractivity contribution in [3.8, 4) is 11.5 Å². The molecular formula is C22H23NO5S. The lowest BCUT2D eigenvalue weighted by Gasteiger charge is -2.28. The van der Waals surface area contributed by atoms with Crippen molar-refractivity contribution in [2.24, 2.45) is 0 Å². The van der Waals surface area contributed by atoms with Gasteiger partial charge in [-0.15, -0.1) is 11.8 Å². The van der Waals surface area contributed by atoms with Crippen LogP contribution in [0.2, 0.25) is 0 Å². The number of esters is 1. The van der Waals surface area contributed by atoms with E-state index in [1.54, 1.807) is 34.9 Å². The second kappa shape index (κ2) is 8.78. The summed E-state index contributed by atoms with van der Waals surface area (Å²) < 4.78 is 16.2. The minimum atomic E-state index is -0.625. The predicted octanol–water partition coefficient (Wildman–Crippen LogP) is 4.02. The number of fused-ring (bicyclic) bond motifs is 1. The molecule has 1 fully saturated rings. The van der Waals surface area contributed by atoms with Crippen molar-refractivity contribution in [3.63, 3.8) is 0 Å². The highest BCUT2D eigenvalue weighted by atomic mass is 32.2. The van der Waals surface area contributed by atoms with E-state index >= 15 is 0 Å². The average molecular weight is 413 g/mol. The first-order valence-electron chi connectivity index (χ1n) is 9.74. The summed E-state index contributed by atoms with van der Waals surface area (Å²) in [6.07, 6.45) is 1.75. The van der Waals surface area contributed by atoms with E-state index in [0.29, 0.717) is 29.4 Å². The number of benzene rings is 2. The van der Waals surface area contributed by atoms with Crippen LogP contribution in [0.5, 0.6) is 11.5 Å². The van der Waals surface area contributed by atoms with E-state index in [1.807, 2.05) is 37.3 Å². The van der Waals surface area contributed by atoms with Gasteiger partial charge in [-0.2, -0.15) is 0 Å². The molecule has 0 spiro atoms. The number of carbonyl (C=O) groups is 2. The summed E-state index contributed by atoms with van der Waals surface area (Å²) in [5, 5.41) is -0.252. The van der Waals surface area contributed by atoms with Crippen LogP contribution >= 0.6 is 11.8 Å². The molecule has 0 saturated carbocycles.